The van der Waals surface area contributed by atoms with Crippen LogP contribution in [0.5, 0.6) is 5.75 Å². The summed E-state index contributed by atoms with van der Waals surface area (Å²) in [4.78, 5) is 0. The van der Waals surface area contributed by atoms with Crippen LogP contribution < -0.4 is 15.9 Å². The topological polar surface area (TPSA) is 68.9 Å². The predicted molar refractivity (Wildman–Crippen MR) is 75.8 cm³/mol. The van der Waals surface area contributed by atoms with Crippen LogP contribution in [0.15, 0.2) is 23.3 Å². The molecular weight excluding hydrogens is 250 g/mol. The Morgan fingerprint density at radius 2 is 2.33 bits per heavy atom. The van der Waals surface area contributed by atoms with Gasteiger partial charge in [0, 0.05) is 12.2 Å². The second-order valence-corrected chi connectivity index (χ2v) is 3.88. The average Bonchev–Trinajstić information content (AvgIpc) is 2.36. The highest BCUT2D eigenvalue weighted by Crippen LogP contribution is 2.20. The van der Waals surface area contributed by atoms with E-state index in [0.29, 0.717) is 13.2 Å². The number of thiocarbonyl (C=S) groups is 1. The zero-order valence-electron chi connectivity index (χ0n) is 10.5. The summed E-state index contributed by atoms with van der Waals surface area (Å²) in [6.07, 6.45) is 1.63. The third-order valence-electron chi connectivity index (χ3n) is 2.15. The first kappa shape index (κ1) is 14.4. The van der Waals surface area contributed by atoms with Crippen molar-refractivity contribution < 1.29 is 9.47 Å². The largest absolute Gasteiger partial charge is 0.496 e. The summed E-state index contributed by atoms with van der Waals surface area (Å²) in [6.45, 7) is 3.11. The van der Waals surface area contributed by atoms with Crippen molar-refractivity contribution in [3.8, 4) is 5.75 Å². The van der Waals surface area contributed by atoms with Gasteiger partial charge in [-0.3, -0.25) is 5.43 Å². The van der Waals surface area contributed by atoms with Gasteiger partial charge in [-0.1, -0.05) is 0 Å². The molecule has 0 amide bonds. The van der Waals surface area contributed by atoms with E-state index in [1.54, 1.807) is 13.3 Å². The van der Waals surface area contributed by atoms with Crippen LogP contribution in [0.4, 0.5) is 0 Å². The third-order valence-corrected chi connectivity index (χ3v) is 2.25. The van der Waals surface area contributed by atoms with E-state index in [1.807, 2.05) is 25.1 Å². The predicted octanol–water partition coefficient (Wildman–Crippen LogP) is 1.40. The highest BCUT2D eigenvalue weighted by Gasteiger charge is 2.03. The quantitative estimate of drug-likeness (QED) is 0.463. The Morgan fingerprint density at radius 1 is 1.56 bits per heavy atom. The molecule has 0 saturated heterocycles. The van der Waals surface area contributed by atoms with E-state index < -0.39 is 0 Å². The van der Waals surface area contributed by atoms with Gasteiger partial charge in [-0.2, -0.15) is 5.10 Å². The van der Waals surface area contributed by atoms with E-state index in [1.165, 1.54) is 0 Å². The molecule has 0 fully saturated rings. The number of ether oxygens (including phenoxy) is 2. The molecule has 0 aromatic heterocycles. The first-order chi connectivity index (χ1) is 8.67. The molecule has 0 spiro atoms. The highest BCUT2D eigenvalue weighted by molar-refractivity contribution is 7.80. The van der Waals surface area contributed by atoms with Gasteiger partial charge in [0.1, 0.15) is 5.75 Å². The molecule has 98 valence electrons. The zero-order chi connectivity index (χ0) is 13.4. The third kappa shape index (κ3) is 4.68. The van der Waals surface area contributed by atoms with Gasteiger partial charge in [0.2, 0.25) is 0 Å². The molecule has 0 aliphatic rings. The van der Waals surface area contributed by atoms with Crippen molar-refractivity contribution in [3.63, 3.8) is 0 Å². The van der Waals surface area contributed by atoms with Gasteiger partial charge < -0.3 is 15.2 Å². The van der Waals surface area contributed by atoms with Crippen LogP contribution in [0.3, 0.4) is 0 Å². The second-order valence-electron chi connectivity index (χ2n) is 3.44. The van der Waals surface area contributed by atoms with Crippen LogP contribution in [0.1, 0.15) is 18.1 Å². The van der Waals surface area contributed by atoms with E-state index in [-0.39, 0.29) is 5.11 Å². The molecule has 0 atom stereocenters. The van der Waals surface area contributed by atoms with E-state index in [0.717, 1.165) is 16.9 Å². The Hall–Kier alpha value is -1.66. The molecule has 0 unspecified atom stereocenters. The summed E-state index contributed by atoms with van der Waals surface area (Å²) in [6, 6.07) is 5.70. The molecule has 0 aliphatic heterocycles. The monoisotopic (exact) mass is 267 g/mol. The van der Waals surface area contributed by atoms with Crippen molar-refractivity contribution in [2.45, 2.75) is 13.5 Å². The molecule has 0 saturated carbocycles. The standard InChI is InChI=1S/C12H17N3O2S/c1-3-17-8-10-6-9(4-5-11(10)16-2)7-14-15-12(13)18/h4-7H,3,8H2,1-2H3,(H3,13,15,18). The molecule has 0 aliphatic carbocycles. The minimum Gasteiger partial charge on any atom is -0.496 e. The van der Waals surface area contributed by atoms with Gasteiger partial charge in [0.25, 0.3) is 0 Å². The van der Waals surface area contributed by atoms with Gasteiger partial charge in [0.15, 0.2) is 5.11 Å². The molecule has 0 bridgehead atoms. The number of hydrogen-bond acceptors (Lipinski definition) is 4. The van der Waals surface area contributed by atoms with Crippen LogP contribution in [0.25, 0.3) is 0 Å². The number of nitrogens with zero attached hydrogens (tertiary/aromatic N) is 1. The Labute approximate surface area is 112 Å². The molecule has 6 heteroatoms. The number of benzene rings is 1. The zero-order valence-corrected chi connectivity index (χ0v) is 11.3. The fraction of sp³-hybridized carbons (Fsp3) is 0.333. The Morgan fingerprint density at radius 3 is 2.94 bits per heavy atom. The van der Waals surface area contributed by atoms with Crippen molar-refractivity contribution >= 4 is 23.5 Å². The van der Waals surface area contributed by atoms with Crippen LogP contribution >= 0.6 is 12.2 Å². The number of methoxy groups -OCH3 is 1. The minimum atomic E-state index is 0.134. The first-order valence-corrected chi connectivity index (χ1v) is 5.91. The number of hydrazone groups is 1. The normalized spacial score (nSPS) is 10.6. The molecule has 0 radical (unpaired) electrons. The number of rotatable bonds is 6. The number of nitrogens with two attached hydrogens (primary N) is 1. The van der Waals surface area contributed by atoms with Gasteiger partial charge in [0.05, 0.1) is 19.9 Å². The van der Waals surface area contributed by atoms with Crippen LogP contribution in [-0.2, 0) is 11.3 Å². The summed E-state index contributed by atoms with van der Waals surface area (Å²) in [5.41, 5.74) is 9.65. The molecule has 5 nitrogen and oxygen atoms in total. The van der Waals surface area contributed by atoms with Crippen molar-refractivity contribution in [2.75, 3.05) is 13.7 Å². The van der Waals surface area contributed by atoms with E-state index >= 15 is 0 Å². The fourth-order valence-corrected chi connectivity index (χ4v) is 1.43. The van der Waals surface area contributed by atoms with Crippen LogP contribution in [0.2, 0.25) is 0 Å². The molecule has 1 aromatic carbocycles. The number of hydrogen-bond donors (Lipinski definition) is 2. The smallest absolute Gasteiger partial charge is 0.184 e. The van der Waals surface area contributed by atoms with Crippen molar-refractivity contribution in [2.24, 2.45) is 10.8 Å². The molecule has 0 heterocycles. The SMILES string of the molecule is CCOCc1cc(C=NNC(N)=S)ccc1OC. The summed E-state index contributed by atoms with van der Waals surface area (Å²) in [7, 11) is 1.63. The maximum atomic E-state index is 5.38. The summed E-state index contributed by atoms with van der Waals surface area (Å²) < 4.78 is 10.6. The molecule has 1 aromatic rings. The van der Waals surface area contributed by atoms with Gasteiger partial charge in [-0.15, -0.1) is 0 Å². The average molecular weight is 267 g/mol. The maximum absolute atomic E-state index is 5.38. The lowest BCUT2D eigenvalue weighted by Gasteiger charge is -2.09. The van der Waals surface area contributed by atoms with Gasteiger partial charge in [-0.25, -0.2) is 0 Å². The highest BCUT2D eigenvalue weighted by atomic mass is 32.1. The molecule has 3 N–H and O–H groups in total. The first-order valence-electron chi connectivity index (χ1n) is 5.50. The summed E-state index contributed by atoms with van der Waals surface area (Å²) in [5, 5.41) is 4.03. The lowest BCUT2D eigenvalue weighted by Crippen LogP contribution is -2.23. The van der Waals surface area contributed by atoms with E-state index in [2.05, 4.69) is 22.7 Å². The van der Waals surface area contributed by atoms with Crippen molar-refractivity contribution in [1.29, 1.82) is 0 Å². The fourth-order valence-electron chi connectivity index (χ4n) is 1.37. The lowest BCUT2D eigenvalue weighted by molar-refractivity contribution is 0.132. The summed E-state index contributed by atoms with van der Waals surface area (Å²) in [5.74, 6) is 0.794. The van der Waals surface area contributed by atoms with E-state index in [9.17, 15) is 0 Å². The Kier molecular flexibility index (Phi) is 6.10. The number of nitrogens with one attached hydrogen (secondary N) is 1. The molecule has 1 rings (SSSR count). The molecule has 18 heavy (non-hydrogen) atoms. The van der Waals surface area contributed by atoms with Crippen LogP contribution in [-0.4, -0.2) is 25.0 Å². The van der Waals surface area contributed by atoms with Crippen molar-refractivity contribution in [1.82, 2.24) is 5.43 Å². The van der Waals surface area contributed by atoms with Gasteiger partial charge >= 0.3 is 0 Å². The summed E-state index contributed by atoms with van der Waals surface area (Å²) >= 11 is 4.65. The van der Waals surface area contributed by atoms with E-state index in [4.69, 9.17) is 15.2 Å². The minimum absolute atomic E-state index is 0.134. The molecular formula is C12H17N3O2S. The Balaban J connectivity index is 2.81. The second kappa shape index (κ2) is 7.62. The van der Waals surface area contributed by atoms with Gasteiger partial charge in [-0.05, 0) is 42.9 Å². The Bertz CT molecular complexity index is 435. The van der Waals surface area contributed by atoms with Crippen molar-refractivity contribution in [3.05, 3.63) is 29.3 Å². The van der Waals surface area contributed by atoms with Crippen LogP contribution in [0, 0.1) is 0 Å². The lowest BCUT2D eigenvalue weighted by atomic mass is 10.1. The maximum Gasteiger partial charge on any atom is 0.184 e.